The summed E-state index contributed by atoms with van der Waals surface area (Å²) < 4.78 is 0. The van der Waals surface area contributed by atoms with Gasteiger partial charge in [-0.2, -0.15) is 0 Å². The van der Waals surface area contributed by atoms with Gasteiger partial charge in [-0.1, -0.05) is 77.6 Å². The summed E-state index contributed by atoms with van der Waals surface area (Å²) >= 11 is 0. The van der Waals surface area contributed by atoms with Crippen LogP contribution in [0.2, 0.25) is 0 Å². The average molecular weight is 370 g/mol. The molecular weight excluding hydrogens is 326 g/mol. The molecule has 1 aliphatic rings. The molecule has 5 nitrogen and oxygen atoms in total. The van der Waals surface area contributed by atoms with Crippen LogP contribution in [0.3, 0.4) is 0 Å². The van der Waals surface area contributed by atoms with Gasteiger partial charge < -0.3 is 15.3 Å². The Balaban J connectivity index is 1.74. The van der Waals surface area contributed by atoms with E-state index in [0.29, 0.717) is 13.1 Å². The summed E-state index contributed by atoms with van der Waals surface area (Å²) in [6.45, 7) is 8.48. The van der Waals surface area contributed by atoms with Crippen molar-refractivity contribution in [3.63, 3.8) is 0 Å². The molecule has 0 aromatic carbocycles. The average Bonchev–Trinajstić information content (AvgIpc) is 2.65. The number of hydrogen-bond donors (Lipinski definition) is 2. The number of rotatable bonds is 16. The third-order valence-corrected chi connectivity index (χ3v) is 5.45. The largest absolute Gasteiger partial charge is 0.465 e. The zero-order chi connectivity index (χ0) is 18.9. The predicted octanol–water partition coefficient (Wildman–Crippen LogP) is 4.57. The van der Waals surface area contributed by atoms with E-state index in [2.05, 4.69) is 17.1 Å². The van der Waals surface area contributed by atoms with Crippen molar-refractivity contribution in [2.24, 2.45) is 0 Å². The van der Waals surface area contributed by atoms with Crippen molar-refractivity contribution in [3.8, 4) is 0 Å². The highest BCUT2D eigenvalue weighted by molar-refractivity contribution is 5.65. The Kier molecular flexibility index (Phi) is 14.6. The number of amides is 1. The molecule has 0 radical (unpaired) electrons. The van der Waals surface area contributed by atoms with E-state index in [0.717, 1.165) is 32.7 Å². The molecule has 0 saturated carbocycles. The van der Waals surface area contributed by atoms with Crippen LogP contribution in [0, 0.1) is 0 Å². The lowest BCUT2D eigenvalue weighted by atomic mass is 10.1. The van der Waals surface area contributed by atoms with Gasteiger partial charge in [0.1, 0.15) is 0 Å². The molecule has 5 heteroatoms. The van der Waals surface area contributed by atoms with E-state index in [4.69, 9.17) is 5.11 Å². The molecule has 0 spiro atoms. The first-order chi connectivity index (χ1) is 12.7. The van der Waals surface area contributed by atoms with Gasteiger partial charge in [-0.15, -0.1) is 0 Å². The fraction of sp³-hybridized carbons (Fsp3) is 0.952. The van der Waals surface area contributed by atoms with Crippen molar-refractivity contribution >= 4 is 6.09 Å². The van der Waals surface area contributed by atoms with Crippen molar-refractivity contribution in [3.05, 3.63) is 0 Å². The summed E-state index contributed by atoms with van der Waals surface area (Å²) in [4.78, 5) is 14.7. The van der Waals surface area contributed by atoms with Gasteiger partial charge in [-0.05, 0) is 13.0 Å². The lowest BCUT2D eigenvalue weighted by Crippen LogP contribution is -2.49. The minimum atomic E-state index is -0.783. The molecular formula is C21H43N3O2. The smallest absolute Gasteiger partial charge is 0.407 e. The molecule has 1 saturated heterocycles. The number of piperazine rings is 1. The van der Waals surface area contributed by atoms with Crippen molar-refractivity contribution in [2.45, 2.75) is 84.0 Å². The summed E-state index contributed by atoms with van der Waals surface area (Å²) in [6.07, 6.45) is 16.0. The lowest BCUT2D eigenvalue weighted by molar-refractivity contribution is 0.106. The predicted molar refractivity (Wildman–Crippen MR) is 110 cm³/mol. The maximum atomic E-state index is 10.9. The molecule has 1 amide bonds. The van der Waals surface area contributed by atoms with Crippen LogP contribution in [-0.2, 0) is 0 Å². The van der Waals surface area contributed by atoms with Crippen LogP contribution in [0.4, 0.5) is 4.79 Å². The Labute approximate surface area is 161 Å². The zero-order valence-corrected chi connectivity index (χ0v) is 17.2. The van der Waals surface area contributed by atoms with E-state index in [1.54, 1.807) is 0 Å². The monoisotopic (exact) mass is 369 g/mol. The third kappa shape index (κ3) is 12.5. The zero-order valence-electron chi connectivity index (χ0n) is 17.2. The number of hydrogen-bond acceptors (Lipinski definition) is 3. The van der Waals surface area contributed by atoms with Crippen molar-refractivity contribution in [1.29, 1.82) is 0 Å². The molecule has 1 aliphatic heterocycles. The maximum absolute atomic E-state index is 10.9. The highest BCUT2D eigenvalue weighted by atomic mass is 16.4. The highest BCUT2D eigenvalue weighted by Crippen LogP contribution is 2.11. The Morgan fingerprint density at radius 2 is 1.27 bits per heavy atom. The number of carboxylic acid groups (broad SMARTS) is 1. The second-order valence-electron chi connectivity index (χ2n) is 7.75. The van der Waals surface area contributed by atoms with E-state index in [-0.39, 0.29) is 0 Å². The van der Waals surface area contributed by atoms with E-state index in [9.17, 15) is 4.79 Å². The number of nitrogens with one attached hydrogen (secondary N) is 1. The first-order valence-corrected chi connectivity index (χ1v) is 11.1. The Morgan fingerprint density at radius 3 is 1.77 bits per heavy atom. The molecule has 26 heavy (non-hydrogen) atoms. The molecule has 0 bridgehead atoms. The van der Waals surface area contributed by atoms with Gasteiger partial charge >= 0.3 is 6.09 Å². The molecule has 0 aromatic heterocycles. The van der Waals surface area contributed by atoms with Crippen molar-refractivity contribution < 1.29 is 9.90 Å². The highest BCUT2D eigenvalue weighted by Gasteiger charge is 2.19. The van der Waals surface area contributed by atoms with E-state index in [1.807, 2.05) is 0 Å². The minimum absolute atomic E-state index is 0.647. The van der Waals surface area contributed by atoms with E-state index < -0.39 is 6.09 Å². The summed E-state index contributed by atoms with van der Waals surface area (Å²) in [5, 5.41) is 12.5. The molecule has 1 rings (SSSR count). The van der Waals surface area contributed by atoms with Gasteiger partial charge in [0.15, 0.2) is 0 Å². The third-order valence-electron chi connectivity index (χ3n) is 5.45. The van der Waals surface area contributed by atoms with Crippen LogP contribution < -0.4 is 5.32 Å². The van der Waals surface area contributed by atoms with Gasteiger partial charge in [0.2, 0.25) is 0 Å². The van der Waals surface area contributed by atoms with Gasteiger partial charge in [-0.3, -0.25) is 4.90 Å². The van der Waals surface area contributed by atoms with E-state index >= 15 is 0 Å². The molecule has 0 aromatic rings. The number of carbonyl (C=O) groups is 1. The molecule has 1 fully saturated rings. The van der Waals surface area contributed by atoms with Crippen LogP contribution in [-0.4, -0.2) is 66.8 Å². The van der Waals surface area contributed by atoms with Crippen LogP contribution in [0.25, 0.3) is 0 Å². The lowest BCUT2D eigenvalue weighted by Gasteiger charge is -2.33. The Morgan fingerprint density at radius 1 is 0.769 bits per heavy atom. The van der Waals surface area contributed by atoms with Gasteiger partial charge in [0.05, 0.1) is 0 Å². The second kappa shape index (κ2) is 16.4. The van der Waals surface area contributed by atoms with Crippen molar-refractivity contribution in [2.75, 3.05) is 45.8 Å². The number of unbranched alkanes of at least 4 members (excludes halogenated alkanes) is 11. The fourth-order valence-corrected chi connectivity index (χ4v) is 3.62. The first kappa shape index (κ1) is 23.2. The van der Waals surface area contributed by atoms with Crippen LogP contribution >= 0.6 is 0 Å². The van der Waals surface area contributed by atoms with Crippen molar-refractivity contribution in [1.82, 2.24) is 15.1 Å². The number of nitrogens with zero attached hydrogens (tertiary/aromatic N) is 2. The Bertz CT molecular complexity index is 331. The summed E-state index contributed by atoms with van der Waals surface area (Å²) in [5.41, 5.74) is 0. The minimum Gasteiger partial charge on any atom is -0.465 e. The standard InChI is InChI=1S/C21H43N3O2/c1-2-3-4-5-6-7-8-9-10-11-12-13-14-22-15-16-23-17-19-24(20-18-23)21(25)26/h22H,2-20H2,1H3,(H,25,26). The molecule has 154 valence electrons. The van der Waals surface area contributed by atoms with Crippen LogP contribution in [0.15, 0.2) is 0 Å². The maximum Gasteiger partial charge on any atom is 0.407 e. The quantitative estimate of drug-likeness (QED) is 0.391. The first-order valence-electron chi connectivity index (χ1n) is 11.1. The van der Waals surface area contributed by atoms with E-state index in [1.165, 1.54) is 81.9 Å². The van der Waals surface area contributed by atoms with Gasteiger partial charge in [0.25, 0.3) is 0 Å². The topological polar surface area (TPSA) is 55.8 Å². The molecule has 1 heterocycles. The Hall–Kier alpha value is -0.810. The van der Waals surface area contributed by atoms with Gasteiger partial charge in [0, 0.05) is 39.3 Å². The molecule has 0 aliphatic carbocycles. The summed E-state index contributed by atoms with van der Waals surface area (Å²) in [7, 11) is 0. The summed E-state index contributed by atoms with van der Waals surface area (Å²) in [5.74, 6) is 0. The SMILES string of the molecule is CCCCCCCCCCCCCCNCCN1CCN(C(=O)O)CC1. The molecule has 0 unspecified atom stereocenters. The molecule has 0 atom stereocenters. The van der Waals surface area contributed by atoms with Crippen LogP contribution in [0.5, 0.6) is 0 Å². The second-order valence-corrected chi connectivity index (χ2v) is 7.75. The van der Waals surface area contributed by atoms with Gasteiger partial charge in [-0.25, -0.2) is 4.79 Å². The summed E-state index contributed by atoms with van der Waals surface area (Å²) in [6, 6.07) is 0. The fourth-order valence-electron chi connectivity index (χ4n) is 3.62. The normalized spacial score (nSPS) is 15.5. The van der Waals surface area contributed by atoms with Crippen LogP contribution in [0.1, 0.15) is 84.0 Å². The molecule has 2 N–H and O–H groups in total.